The van der Waals surface area contributed by atoms with Crippen molar-refractivity contribution in [2.45, 2.75) is 67.2 Å². The molecule has 0 fully saturated rings. The van der Waals surface area contributed by atoms with Crippen LogP contribution in [0.2, 0.25) is 0 Å². The molecule has 92 valence electrons. The smallest absolute Gasteiger partial charge is 0.000773 e. The first-order valence-electron chi connectivity index (χ1n) is 6.66. The van der Waals surface area contributed by atoms with E-state index in [4.69, 9.17) is 0 Å². The summed E-state index contributed by atoms with van der Waals surface area (Å²) in [5.74, 6) is 0. The lowest BCUT2D eigenvalue weighted by atomic mass is 9.79. The first-order chi connectivity index (χ1) is 6.95. The van der Waals surface area contributed by atoms with E-state index in [-0.39, 0.29) is 0 Å². The van der Waals surface area contributed by atoms with Gasteiger partial charge in [-0.3, -0.25) is 0 Å². The van der Waals surface area contributed by atoms with Gasteiger partial charge in [-0.05, 0) is 36.5 Å². The maximum atomic E-state index is 3.67. The monoisotopic (exact) mass is 213 g/mol. The average molecular weight is 213 g/mol. The third-order valence-electron chi connectivity index (χ3n) is 4.31. The minimum absolute atomic E-state index is 0.445. The summed E-state index contributed by atoms with van der Waals surface area (Å²) in [5.41, 5.74) is 0.977. The van der Waals surface area contributed by atoms with Crippen LogP contribution >= 0.6 is 0 Å². The van der Waals surface area contributed by atoms with E-state index in [1.807, 2.05) is 0 Å². The topological polar surface area (TPSA) is 12.0 Å². The Morgan fingerprint density at radius 3 is 1.53 bits per heavy atom. The van der Waals surface area contributed by atoms with Gasteiger partial charge in [0.15, 0.2) is 0 Å². The van der Waals surface area contributed by atoms with Crippen molar-refractivity contribution in [3.05, 3.63) is 0 Å². The first kappa shape index (κ1) is 15.0. The van der Waals surface area contributed by atoms with Gasteiger partial charge in [0.1, 0.15) is 0 Å². The molecule has 0 saturated heterocycles. The van der Waals surface area contributed by atoms with Gasteiger partial charge in [-0.2, -0.15) is 0 Å². The normalized spacial score (nSPS) is 13.2. The number of hydrogen-bond acceptors (Lipinski definition) is 1. The van der Waals surface area contributed by atoms with Crippen molar-refractivity contribution >= 4 is 0 Å². The molecule has 0 heterocycles. The molecule has 0 saturated carbocycles. The van der Waals surface area contributed by atoms with Gasteiger partial charge in [0.2, 0.25) is 0 Å². The van der Waals surface area contributed by atoms with Crippen LogP contribution in [-0.4, -0.2) is 13.1 Å². The van der Waals surface area contributed by atoms with Crippen molar-refractivity contribution in [3.63, 3.8) is 0 Å². The van der Waals surface area contributed by atoms with Gasteiger partial charge < -0.3 is 5.32 Å². The quantitative estimate of drug-likeness (QED) is 0.636. The molecule has 0 aromatic heterocycles. The molecule has 0 aliphatic carbocycles. The lowest BCUT2D eigenvalue weighted by Gasteiger charge is -2.33. The number of hydrogen-bond donors (Lipinski definition) is 1. The summed E-state index contributed by atoms with van der Waals surface area (Å²) in [7, 11) is 0. The molecule has 0 spiro atoms. The Morgan fingerprint density at radius 1 is 0.733 bits per heavy atom. The van der Waals surface area contributed by atoms with E-state index in [1.165, 1.54) is 32.2 Å². The molecule has 0 rings (SSSR count). The highest BCUT2D eigenvalue weighted by Crippen LogP contribution is 2.29. The molecule has 0 aliphatic heterocycles. The second-order valence-electron chi connectivity index (χ2n) is 5.68. The molecule has 0 amide bonds. The van der Waals surface area contributed by atoms with E-state index in [0.29, 0.717) is 10.8 Å². The fourth-order valence-corrected chi connectivity index (χ4v) is 1.92. The number of rotatable bonds is 8. The van der Waals surface area contributed by atoms with Crippen LogP contribution in [0.5, 0.6) is 0 Å². The maximum Gasteiger partial charge on any atom is 0.000773 e. The molecule has 0 radical (unpaired) electrons. The van der Waals surface area contributed by atoms with E-state index in [9.17, 15) is 0 Å². The largest absolute Gasteiger partial charge is 0.316 e. The zero-order chi connectivity index (χ0) is 11.9. The zero-order valence-corrected chi connectivity index (χ0v) is 11.7. The van der Waals surface area contributed by atoms with Gasteiger partial charge >= 0.3 is 0 Å². The first-order valence-corrected chi connectivity index (χ1v) is 6.66. The van der Waals surface area contributed by atoms with Gasteiger partial charge in [0.05, 0.1) is 0 Å². The Morgan fingerprint density at radius 2 is 1.20 bits per heavy atom. The molecule has 1 heteroatoms. The lowest BCUT2D eigenvalue weighted by Crippen LogP contribution is -2.37. The molecule has 15 heavy (non-hydrogen) atoms. The predicted molar refractivity (Wildman–Crippen MR) is 70.2 cm³/mol. The molecular weight excluding hydrogens is 182 g/mol. The predicted octanol–water partition coefficient (Wildman–Crippen LogP) is 4.23. The van der Waals surface area contributed by atoms with E-state index in [1.54, 1.807) is 0 Å². The molecule has 0 aliphatic rings. The summed E-state index contributed by atoms with van der Waals surface area (Å²) in [6.07, 6.45) is 5.12. The van der Waals surface area contributed by atoms with Gasteiger partial charge in [0, 0.05) is 13.1 Å². The minimum Gasteiger partial charge on any atom is -0.316 e. The molecule has 0 bridgehead atoms. The third-order valence-corrected chi connectivity index (χ3v) is 4.31. The Kier molecular flexibility index (Phi) is 6.51. The van der Waals surface area contributed by atoms with Crippen LogP contribution < -0.4 is 5.32 Å². The second-order valence-corrected chi connectivity index (χ2v) is 5.68. The van der Waals surface area contributed by atoms with Crippen LogP contribution in [0, 0.1) is 10.8 Å². The van der Waals surface area contributed by atoms with Gasteiger partial charge in [0.25, 0.3) is 0 Å². The summed E-state index contributed by atoms with van der Waals surface area (Å²) in [6.45, 7) is 16.2. The SMILES string of the molecule is CCC(C)(C)CNCC(CC)(CC)CC. The molecule has 0 unspecified atom stereocenters. The molecule has 1 N–H and O–H groups in total. The van der Waals surface area contributed by atoms with Crippen molar-refractivity contribution in [1.29, 1.82) is 0 Å². The van der Waals surface area contributed by atoms with Crippen molar-refractivity contribution in [3.8, 4) is 0 Å². The van der Waals surface area contributed by atoms with E-state index in [2.05, 4.69) is 46.9 Å². The fourth-order valence-electron chi connectivity index (χ4n) is 1.92. The Bertz CT molecular complexity index is 148. The van der Waals surface area contributed by atoms with Crippen LogP contribution in [0.3, 0.4) is 0 Å². The van der Waals surface area contributed by atoms with E-state index in [0.717, 1.165) is 6.54 Å². The van der Waals surface area contributed by atoms with Crippen LogP contribution in [0.25, 0.3) is 0 Å². The highest BCUT2D eigenvalue weighted by molar-refractivity contribution is 4.79. The third kappa shape index (κ3) is 5.01. The number of nitrogens with one attached hydrogen (secondary N) is 1. The zero-order valence-electron chi connectivity index (χ0n) is 11.7. The second kappa shape index (κ2) is 6.52. The van der Waals surface area contributed by atoms with Crippen LogP contribution in [-0.2, 0) is 0 Å². The lowest BCUT2D eigenvalue weighted by molar-refractivity contribution is 0.219. The standard InChI is InChI=1S/C14H31N/c1-7-13(5,6)11-15-12-14(8-2,9-3)10-4/h15H,7-12H2,1-6H3. The summed E-state index contributed by atoms with van der Waals surface area (Å²) in [6, 6.07) is 0. The Hall–Kier alpha value is -0.0400. The van der Waals surface area contributed by atoms with E-state index >= 15 is 0 Å². The maximum absolute atomic E-state index is 3.67. The molecule has 0 atom stereocenters. The molecule has 0 aromatic carbocycles. The van der Waals surface area contributed by atoms with Gasteiger partial charge in [-0.1, -0.05) is 41.5 Å². The van der Waals surface area contributed by atoms with Crippen molar-refractivity contribution in [1.82, 2.24) is 5.32 Å². The van der Waals surface area contributed by atoms with Crippen molar-refractivity contribution in [2.24, 2.45) is 10.8 Å². The van der Waals surface area contributed by atoms with Crippen LogP contribution in [0.4, 0.5) is 0 Å². The fraction of sp³-hybridized carbons (Fsp3) is 1.00. The van der Waals surface area contributed by atoms with Gasteiger partial charge in [-0.15, -0.1) is 0 Å². The molecule has 1 nitrogen and oxygen atoms in total. The van der Waals surface area contributed by atoms with Gasteiger partial charge in [-0.25, -0.2) is 0 Å². The average Bonchev–Trinajstić information content (AvgIpc) is 2.25. The molecule has 0 aromatic rings. The van der Waals surface area contributed by atoms with Crippen LogP contribution in [0.1, 0.15) is 67.2 Å². The minimum atomic E-state index is 0.445. The van der Waals surface area contributed by atoms with Crippen molar-refractivity contribution < 1.29 is 0 Å². The highest BCUT2D eigenvalue weighted by Gasteiger charge is 2.24. The van der Waals surface area contributed by atoms with E-state index < -0.39 is 0 Å². The Balaban J connectivity index is 4.02. The van der Waals surface area contributed by atoms with Crippen molar-refractivity contribution in [2.75, 3.05) is 13.1 Å². The van der Waals surface area contributed by atoms with Crippen LogP contribution in [0.15, 0.2) is 0 Å². The summed E-state index contributed by atoms with van der Waals surface area (Å²) >= 11 is 0. The highest BCUT2D eigenvalue weighted by atomic mass is 14.9. The summed E-state index contributed by atoms with van der Waals surface area (Å²) in [4.78, 5) is 0. The summed E-state index contributed by atoms with van der Waals surface area (Å²) < 4.78 is 0. The summed E-state index contributed by atoms with van der Waals surface area (Å²) in [5, 5.41) is 3.67. The Labute approximate surface area is 97.0 Å². The molecular formula is C14H31N.